The van der Waals surface area contributed by atoms with E-state index in [1.165, 1.54) is 16.6 Å². The number of rotatable bonds is 1. The molecule has 0 spiro atoms. The Bertz CT molecular complexity index is 567. The summed E-state index contributed by atoms with van der Waals surface area (Å²) in [5, 5.41) is 11.2. The Morgan fingerprint density at radius 2 is 2.29 bits per heavy atom. The van der Waals surface area contributed by atoms with Crippen LogP contribution in [0.1, 0.15) is 16.2 Å². The summed E-state index contributed by atoms with van der Waals surface area (Å²) in [4.78, 5) is 25.8. The molecule has 0 saturated heterocycles. The van der Waals surface area contributed by atoms with Crippen LogP contribution in [0.5, 0.6) is 0 Å². The van der Waals surface area contributed by atoms with Gasteiger partial charge in [0.05, 0.1) is 5.69 Å². The number of aryl methyl sites for hydroxylation is 1. The highest BCUT2D eigenvalue weighted by Crippen LogP contribution is 2.08. The summed E-state index contributed by atoms with van der Waals surface area (Å²) in [6.45, 7) is 1.58. The number of carbonyl (C=O) groups is 1. The molecule has 0 aliphatic rings. The average Bonchev–Trinajstić information content (AvgIpc) is 2.40. The molecule has 0 bridgehead atoms. The van der Waals surface area contributed by atoms with Crippen molar-refractivity contribution in [3.05, 3.63) is 33.9 Å². The first-order valence-electron chi connectivity index (χ1n) is 3.91. The van der Waals surface area contributed by atoms with Gasteiger partial charge in [-0.05, 0) is 13.0 Å². The van der Waals surface area contributed by atoms with E-state index in [1.54, 1.807) is 6.92 Å². The molecule has 0 fully saturated rings. The monoisotopic (exact) mass is 193 g/mol. The molecule has 0 saturated carbocycles. The predicted octanol–water partition coefficient (Wildman–Crippen LogP) is 0.0292. The number of carboxylic acid groups (broad SMARTS) is 1. The fourth-order valence-corrected chi connectivity index (χ4v) is 1.32. The molecule has 6 heteroatoms. The van der Waals surface area contributed by atoms with Crippen molar-refractivity contribution >= 4 is 11.6 Å². The molecule has 0 atom stereocenters. The van der Waals surface area contributed by atoms with Gasteiger partial charge in [0.25, 0.3) is 5.56 Å². The maximum atomic E-state index is 11.0. The number of hydrogen-bond donors (Lipinski definition) is 2. The maximum absolute atomic E-state index is 11.0. The van der Waals surface area contributed by atoms with Gasteiger partial charge in [0.2, 0.25) is 0 Å². The van der Waals surface area contributed by atoms with E-state index < -0.39 is 5.97 Å². The van der Waals surface area contributed by atoms with Crippen LogP contribution in [-0.2, 0) is 0 Å². The lowest BCUT2D eigenvalue weighted by atomic mass is 10.3. The normalized spacial score (nSPS) is 10.6. The Morgan fingerprint density at radius 1 is 1.57 bits per heavy atom. The highest BCUT2D eigenvalue weighted by atomic mass is 16.4. The number of imidazole rings is 1. The van der Waals surface area contributed by atoms with Crippen molar-refractivity contribution in [3.8, 4) is 0 Å². The van der Waals surface area contributed by atoms with Crippen molar-refractivity contribution in [2.75, 3.05) is 0 Å². The van der Waals surface area contributed by atoms with Gasteiger partial charge in [-0.2, -0.15) is 0 Å². The van der Waals surface area contributed by atoms with Gasteiger partial charge >= 0.3 is 5.97 Å². The second-order valence-corrected chi connectivity index (χ2v) is 2.85. The largest absolute Gasteiger partial charge is 0.476 e. The molecule has 0 aliphatic carbocycles. The van der Waals surface area contributed by atoms with Crippen molar-refractivity contribution in [1.82, 2.24) is 14.6 Å². The molecule has 2 aromatic rings. The summed E-state index contributed by atoms with van der Waals surface area (Å²) in [6.07, 6.45) is 0. The van der Waals surface area contributed by atoms with E-state index in [9.17, 15) is 9.59 Å². The number of aromatic amines is 1. The topological polar surface area (TPSA) is 87.5 Å². The number of aromatic nitrogens is 3. The number of nitrogens with one attached hydrogen (secondary N) is 1. The molecule has 0 radical (unpaired) electrons. The van der Waals surface area contributed by atoms with Gasteiger partial charge in [0.1, 0.15) is 0 Å². The van der Waals surface area contributed by atoms with Crippen LogP contribution in [0.3, 0.4) is 0 Å². The summed E-state index contributed by atoms with van der Waals surface area (Å²) in [7, 11) is 0. The van der Waals surface area contributed by atoms with Gasteiger partial charge in [0, 0.05) is 6.07 Å². The highest BCUT2D eigenvalue weighted by molar-refractivity contribution is 5.87. The number of nitrogens with zero attached hydrogens (tertiary/aromatic N) is 2. The Hall–Kier alpha value is -2.11. The van der Waals surface area contributed by atoms with Crippen LogP contribution in [0.15, 0.2) is 16.9 Å². The van der Waals surface area contributed by atoms with Crippen molar-refractivity contribution in [3.63, 3.8) is 0 Å². The smallest absolute Gasteiger partial charge is 0.356 e. The molecule has 6 nitrogen and oxygen atoms in total. The first-order chi connectivity index (χ1) is 6.59. The van der Waals surface area contributed by atoms with Crippen LogP contribution < -0.4 is 5.56 Å². The van der Waals surface area contributed by atoms with E-state index in [-0.39, 0.29) is 11.3 Å². The Labute approximate surface area is 77.8 Å². The third-order valence-corrected chi connectivity index (χ3v) is 1.89. The van der Waals surface area contributed by atoms with Gasteiger partial charge in [0.15, 0.2) is 11.3 Å². The Kier molecular flexibility index (Phi) is 1.63. The lowest BCUT2D eigenvalue weighted by Crippen LogP contribution is -2.13. The summed E-state index contributed by atoms with van der Waals surface area (Å²) < 4.78 is 1.17. The van der Waals surface area contributed by atoms with Crippen molar-refractivity contribution in [2.45, 2.75) is 6.92 Å². The van der Waals surface area contributed by atoms with E-state index in [2.05, 4.69) is 10.1 Å². The quantitative estimate of drug-likeness (QED) is 0.668. The molecule has 2 aromatic heterocycles. The zero-order chi connectivity index (χ0) is 10.3. The third kappa shape index (κ3) is 1.08. The van der Waals surface area contributed by atoms with Gasteiger partial charge in [-0.15, -0.1) is 0 Å². The zero-order valence-corrected chi connectivity index (χ0v) is 7.31. The van der Waals surface area contributed by atoms with Crippen LogP contribution in [0.2, 0.25) is 0 Å². The second-order valence-electron chi connectivity index (χ2n) is 2.85. The molecular formula is C8H7N3O3. The third-order valence-electron chi connectivity index (χ3n) is 1.89. The van der Waals surface area contributed by atoms with Gasteiger partial charge in [-0.25, -0.2) is 14.3 Å². The molecule has 2 rings (SSSR count). The number of hydrogen-bond acceptors (Lipinski definition) is 3. The second kappa shape index (κ2) is 2.69. The van der Waals surface area contributed by atoms with Crippen LogP contribution >= 0.6 is 0 Å². The lowest BCUT2D eigenvalue weighted by Gasteiger charge is -1.95. The number of carboxylic acids is 1. The van der Waals surface area contributed by atoms with Crippen LogP contribution in [0, 0.1) is 6.92 Å². The minimum Gasteiger partial charge on any atom is -0.476 e. The summed E-state index contributed by atoms with van der Waals surface area (Å²) in [6, 6.07) is 2.77. The molecule has 0 aromatic carbocycles. The molecule has 2 heterocycles. The van der Waals surface area contributed by atoms with Crippen molar-refractivity contribution in [2.24, 2.45) is 0 Å². The molecule has 0 amide bonds. The maximum Gasteiger partial charge on any atom is 0.356 e. The SMILES string of the molecule is Cc1nc2ccc(=O)[nH]n2c1C(=O)O. The first-order valence-corrected chi connectivity index (χ1v) is 3.91. The highest BCUT2D eigenvalue weighted by Gasteiger charge is 2.15. The summed E-state index contributed by atoms with van der Waals surface area (Å²) >= 11 is 0. The number of H-pyrrole nitrogens is 1. The fraction of sp³-hybridized carbons (Fsp3) is 0.125. The minimum atomic E-state index is -1.11. The van der Waals surface area contributed by atoms with Crippen LogP contribution in [0.25, 0.3) is 5.65 Å². The van der Waals surface area contributed by atoms with Crippen molar-refractivity contribution < 1.29 is 9.90 Å². The molecule has 2 N–H and O–H groups in total. The van der Waals surface area contributed by atoms with Gasteiger partial charge in [-0.1, -0.05) is 0 Å². The molecule has 0 aliphatic heterocycles. The van der Waals surface area contributed by atoms with Gasteiger partial charge in [-0.3, -0.25) is 9.89 Å². The number of fused-ring (bicyclic) bond motifs is 1. The molecule has 14 heavy (non-hydrogen) atoms. The van der Waals surface area contributed by atoms with Crippen molar-refractivity contribution in [1.29, 1.82) is 0 Å². The standard InChI is InChI=1S/C8H7N3O3/c1-4-7(8(13)14)11-5(9-4)2-3-6(12)10-11/h2-3H,1H3,(H,10,12)(H,13,14). The average molecular weight is 193 g/mol. The van der Waals surface area contributed by atoms with E-state index in [0.717, 1.165) is 0 Å². The number of aromatic carboxylic acids is 1. The fourth-order valence-electron chi connectivity index (χ4n) is 1.32. The zero-order valence-electron chi connectivity index (χ0n) is 7.31. The molecule has 0 unspecified atom stereocenters. The Morgan fingerprint density at radius 3 is 2.93 bits per heavy atom. The van der Waals surface area contributed by atoms with Crippen LogP contribution in [-0.4, -0.2) is 25.7 Å². The van der Waals surface area contributed by atoms with Gasteiger partial charge < -0.3 is 5.11 Å². The van der Waals surface area contributed by atoms with E-state index in [4.69, 9.17) is 5.11 Å². The van der Waals surface area contributed by atoms with E-state index in [0.29, 0.717) is 11.3 Å². The molecular weight excluding hydrogens is 186 g/mol. The molecule has 72 valence electrons. The lowest BCUT2D eigenvalue weighted by molar-refractivity contribution is 0.0687. The summed E-state index contributed by atoms with van der Waals surface area (Å²) in [5.74, 6) is -1.11. The minimum absolute atomic E-state index is 0.0160. The van der Waals surface area contributed by atoms with Crippen LogP contribution in [0.4, 0.5) is 0 Å². The Balaban J connectivity index is 2.93. The summed E-state index contributed by atoms with van der Waals surface area (Å²) in [5.41, 5.74) is 0.411. The first kappa shape index (κ1) is 8.49. The van der Waals surface area contributed by atoms with E-state index in [1.807, 2.05) is 0 Å². The van der Waals surface area contributed by atoms with E-state index >= 15 is 0 Å². The predicted molar refractivity (Wildman–Crippen MR) is 47.5 cm³/mol.